The lowest BCUT2D eigenvalue weighted by Gasteiger charge is -2.51. The summed E-state index contributed by atoms with van der Waals surface area (Å²) in [6, 6.07) is 10.3. The predicted octanol–water partition coefficient (Wildman–Crippen LogP) is 4.67. The second-order valence-electron chi connectivity index (χ2n) is 6.88. The first-order valence-electron chi connectivity index (χ1n) is 7.57. The molecule has 0 aromatic heterocycles. The number of piperidine rings is 1. The van der Waals surface area contributed by atoms with Crippen LogP contribution in [0.3, 0.4) is 0 Å². The van der Waals surface area contributed by atoms with Gasteiger partial charge in [0.2, 0.25) is 0 Å². The van der Waals surface area contributed by atoms with E-state index in [2.05, 4.69) is 69.2 Å². The van der Waals surface area contributed by atoms with Crippen molar-refractivity contribution in [2.45, 2.75) is 58.0 Å². The van der Waals surface area contributed by atoms with Crippen LogP contribution in [0.1, 0.15) is 52.5 Å². The van der Waals surface area contributed by atoms with E-state index in [9.17, 15) is 0 Å². The Morgan fingerprint density at radius 1 is 1.05 bits per heavy atom. The fraction of sp³-hybridized carbons (Fsp3) is 0.556. The average Bonchev–Trinajstić information content (AvgIpc) is 2.37. The molecule has 2 heteroatoms. The molecule has 110 valence electrons. The molecule has 0 aliphatic carbocycles. The smallest absolute Gasteiger partial charge is 0.0870 e. The molecule has 1 aromatic rings. The van der Waals surface area contributed by atoms with Gasteiger partial charge in [0.25, 0.3) is 0 Å². The highest BCUT2D eigenvalue weighted by Crippen LogP contribution is 2.38. The zero-order valence-electron chi connectivity index (χ0n) is 13.2. The van der Waals surface area contributed by atoms with E-state index in [0.717, 1.165) is 0 Å². The Morgan fingerprint density at radius 3 is 2.25 bits per heavy atom. The Morgan fingerprint density at radius 2 is 1.65 bits per heavy atom. The molecule has 0 bridgehead atoms. The third-order valence-electron chi connectivity index (χ3n) is 4.09. The van der Waals surface area contributed by atoms with Gasteiger partial charge in [0.15, 0.2) is 0 Å². The van der Waals surface area contributed by atoms with E-state index >= 15 is 0 Å². The minimum atomic E-state index is 0.113. The number of nitrogens with zero attached hydrogens (tertiary/aromatic N) is 1. The van der Waals surface area contributed by atoms with Crippen molar-refractivity contribution in [3.05, 3.63) is 42.0 Å². The number of hydroxylamine groups is 2. The van der Waals surface area contributed by atoms with Crippen LogP contribution in [-0.4, -0.2) is 22.7 Å². The topological polar surface area (TPSA) is 12.5 Å². The Hall–Kier alpha value is -1.12. The molecule has 1 aliphatic heterocycles. The second-order valence-corrected chi connectivity index (χ2v) is 6.88. The predicted molar refractivity (Wildman–Crippen MR) is 85.3 cm³/mol. The van der Waals surface area contributed by atoms with Crippen molar-refractivity contribution in [3.8, 4) is 0 Å². The van der Waals surface area contributed by atoms with Crippen molar-refractivity contribution in [1.82, 2.24) is 5.06 Å². The minimum absolute atomic E-state index is 0.113. The van der Waals surface area contributed by atoms with Crippen LogP contribution in [0.5, 0.6) is 0 Å². The van der Waals surface area contributed by atoms with Gasteiger partial charge in [0.05, 0.1) is 6.61 Å². The van der Waals surface area contributed by atoms with Crippen molar-refractivity contribution in [2.75, 3.05) is 6.61 Å². The third-order valence-corrected chi connectivity index (χ3v) is 4.09. The van der Waals surface area contributed by atoms with Gasteiger partial charge < -0.3 is 0 Å². The quantitative estimate of drug-likeness (QED) is 0.790. The van der Waals surface area contributed by atoms with Gasteiger partial charge in [-0.3, -0.25) is 4.84 Å². The zero-order valence-corrected chi connectivity index (χ0v) is 13.2. The Bertz CT molecular complexity index is 432. The van der Waals surface area contributed by atoms with Crippen LogP contribution >= 0.6 is 0 Å². The first-order chi connectivity index (χ1) is 9.42. The zero-order chi connectivity index (χ0) is 14.6. The first kappa shape index (κ1) is 15.3. The van der Waals surface area contributed by atoms with Gasteiger partial charge >= 0.3 is 0 Å². The molecular formula is C18H27NO. The monoisotopic (exact) mass is 273 g/mol. The fourth-order valence-corrected chi connectivity index (χ4v) is 3.19. The van der Waals surface area contributed by atoms with Gasteiger partial charge in [0.1, 0.15) is 0 Å². The molecule has 0 unspecified atom stereocenters. The van der Waals surface area contributed by atoms with E-state index in [1.54, 1.807) is 0 Å². The van der Waals surface area contributed by atoms with Crippen LogP contribution in [-0.2, 0) is 4.84 Å². The van der Waals surface area contributed by atoms with Crippen LogP contribution in [0.4, 0.5) is 0 Å². The first-order valence-corrected chi connectivity index (χ1v) is 7.57. The molecule has 0 spiro atoms. The highest BCUT2D eigenvalue weighted by atomic mass is 16.7. The molecule has 0 saturated carbocycles. The molecule has 1 aromatic carbocycles. The summed E-state index contributed by atoms with van der Waals surface area (Å²) in [5, 5.41) is 2.21. The van der Waals surface area contributed by atoms with E-state index in [1.807, 2.05) is 6.07 Å². The molecule has 1 heterocycles. The summed E-state index contributed by atoms with van der Waals surface area (Å²) < 4.78 is 0. The van der Waals surface area contributed by atoms with E-state index in [1.165, 1.54) is 24.8 Å². The van der Waals surface area contributed by atoms with Gasteiger partial charge in [-0.25, -0.2) is 0 Å². The van der Waals surface area contributed by atoms with E-state index in [4.69, 9.17) is 4.84 Å². The second kappa shape index (κ2) is 6.11. The highest BCUT2D eigenvalue weighted by molar-refractivity contribution is 5.48. The lowest BCUT2D eigenvalue weighted by atomic mass is 9.82. The maximum Gasteiger partial charge on any atom is 0.0870 e. The van der Waals surface area contributed by atoms with Gasteiger partial charge in [-0.2, -0.15) is 5.06 Å². The minimum Gasteiger partial charge on any atom is -0.294 e. The molecule has 0 atom stereocenters. The molecule has 2 nitrogen and oxygen atoms in total. The largest absolute Gasteiger partial charge is 0.294 e. The molecule has 1 fully saturated rings. The summed E-state index contributed by atoms with van der Waals surface area (Å²) in [4.78, 5) is 6.08. The van der Waals surface area contributed by atoms with E-state index in [0.29, 0.717) is 6.61 Å². The summed E-state index contributed by atoms with van der Waals surface area (Å²) in [6.45, 7) is 9.72. The summed E-state index contributed by atoms with van der Waals surface area (Å²) in [5.41, 5.74) is 1.44. The number of hydrogen-bond acceptors (Lipinski definition) is 2. The van der Waals surface area contributed by atoms with Crippen LogP contribution in [0.2, 0.25) is 0 Å². The normalized spacial score (nSPS) is 22.2. The van der Waals surface area contributed by atoms with Crippen molar-refractivity contribution in [1.29, 1.82) is 0 Å². The summed E-state index contributed by atoms with van der Waals surface area (Å²) in [6.07, 6.45) is 7.87. The Labute approximate surface area is 123 Å². The van der Waals surface area contributed by atoms with Crippen molar-refractivity contribution in [2.24, 2.45) is 0 Å². The highest BCUT2D eigenvalue weighted by Gasteiger charge is 2.42. The molecule has 2 rings (SSSR count). The number of hydrogen-bond donors (Lipinski definition) is 0. The van der Waals surface area contributed by atoms with Crippen LogP contribution in [0, 0.1) is 0 Å². The van der Waals surface area contributed by atoms with Crippen LogP contribution in [0.25, 0.3) is 6.08 Å². The van der Waals surface area contributed by atoms with Crippen molar-refractivity contribution < 1.29 is 4.84 Å². The maximum atomic E-state index is 6.08. The lowest BCUT2D eigenvalue weighted by Crippen LogP contribution is -2.58. The Balaban J connectivity index is 1.93. The average molecular weight is 273 g/mol. The van der Waals surface area contributed by atoms with E-state index < -0.39 is 0 Å². The fourth-order valence-electron chi connectivity index (χ4n) is 3.19. The van der Waals surface area contributed by atoms with Gasteiger partial charge in [0, 0.05) is 11.1 Å². The van der Waals surface area contributed by atoms with Gasteiger partial charge in [-0.05, 0) is 52.5 Å². The summed E-state index contributed by atoms with van der Waals surface area (Å²) in [7, 11) is 0. The summed E-state index contributed by atoms with van der Waals surface area (Å²) >= 11 is 0. The van der Waals surface area contributed by atoms with Crippen molar-refractivity contribution in [3.63, 3.8) is 0 Å². The molecule has 0 N–H and O–H groups in total. The van der Waals surface area contributed by atoms with E-state index in [-0.39, 0.29) is 11.1 Å². The SMILES string of the molecule is CC1(C)CCCC(C)(C)N1OC/C=C/c1ccccc1. The molecule has 1 aliphatic rings. The summed E-state index contributed by atoms with van der Waals surface area (Å²) in [5.74, 6) is 0. The van der Waals surface area contributed by atoms with Crippen LogP contribution < -0.4 is 0 Å². The lowest BCUT2D eigenvalue weighted by molar-refractivity contribution is -0.274. The van der Waals surface area contributed by atoms with Crippen molar-refractivity contribution >= 4 is 6.08 Å². The standard InChI is InChI=1S/C18H27NO/c1-17(2)13-9-14-18(3,4)19(17)20-15-8-12-16-10-6-5-7-11-16/h5-8,10-12H,9,13-15H2,1-4H3/b12-8+. The van der Waals surface area contributed by atoms with Gasteiger partial charge in [-0.1, -0.05) is 42.5 Å². The molecule has 0 radical (unpaired) electrons. The molecule has 20 heavy (non-hydrogen) atoms. The molecule has 1 saturated heterocycles. The van der Waals surface area contributed by atoms with Gasteiger partial charge in [-0.15, -0.1) is 0 Å². The Kier molecular flexibility index (Phi) is 4.66. The third kappa shape index (κ3) is 3.71. The number of benzene rings is 1. The number of rotatable bonds is 4. The maximum absolute atomic E-state index is 6.08. The molecular weight excluding hydrogens is 246 g/mol. The molecule has 0 amide bonds. The van der Waals surface area contributed by atoms with Crippen LogP contribution in [0.15, 0.2) is 36.4 Å².